The molecule has 1 aromatic rings. The molecule has 0 radical (unpaired) electrons. The van der Waals surface area contributed by atoms with E-state index >= 15 is 0 Å². The number of aliphatic carboxylic acids is 1. The summed E-state index contributed by atoms with van der Waals surface area (Å²) in [7, 11) is -3.44. The standard InChI is InChI=1S/C14H17NO5S/c1-3-9-4-5-10(8-11(9)21(2,19)20)12(16)15-14(6-7-14)13(17)18/h4-5,8H,3,6-7H2,1-2H3,(H,15,16)(H,17,18). The van der Waals surface area contributed by atoms with Gasteiger partial charge in [-0.2, -0.15) is 0 Å². The molecular weight excluding hydrogens is 294 g/mol. The average molecular weight is 311 g/mol. The van der Waals surface area contributed by atoms with E-state index in [-0.39, 0.29) is 10.5 Å². The van der Waals surface area contributed by atoms with Crippen LogP contribution in [0.25, 0.3) is 0 Å². The maximum atomic E-state index is 12.1. The molecule has 0 aliphatic heterocycles. The van der Waals surface area contributed by atoms with Crippen LogP contribution < -0.4 is 5.32 Å². The molecule has 0 atom stereocenters. The van der Waals surface area contributed by atoms with Crippen LogP contribution in [0.5, 0.6) is 0 Å². The van der Waals surface area contributed by atoms with Gasteiger partial charge in [0.2, 0.25) is 0 Å². The first-order valence-electron chi connectivity index (χ1n) is 6.58. The zero-order valence-corrected chi connectivity index (χ0v) is 12.7. The third-order valence-corrected chi connectivity index (χ3v) is 4.80. The SMILES string of the molecule is CCc1ccc(C(=O)NC2(C(=O)O)CC2)cc1S(C)(=O)=O. The Kier molecular flexibility index (Phi) is 3.79. The minimum absolute atomic E-state index is 0.109. The van der Waals surface area contributed by atoms with Gasteiger partial charge in [-0.05, 0) is 37.0 Å². The van der Waals surface area contributed by atoms with Crippen LogP contribution >= 0.6 is 0 Å². The van der Waals surface area contributed by atoms with Gasteiger partial charge in [-0.3, -0.25) is 4.79 Å². The van der Waals surface area contributed by atoms with Crippen molar-refractivity contribution in [1.82, 2.24) is 5.32 Å². The van der Waals surface area contributed by atoms with Crippen molar-refractivity contribution in [1.29, 1.82) is 0 Å². The Hall–Kier alpha value is -1.89. The van der Waals surface area contributed by atoms with Crippen LogP contribution in [-0.4, -0.2) is 37.2 Å². The lowest BCUT2D eigenvalue weighted by atomic mass is 10.1. The summed E-state index contributed by atoms with van der Waals surface area (Å²) in [4.78, 5) is 23.3. The molecule has 7 heteroatoms. The molecule has 0 unspecified atom stereocenters. The summed E-state index contributed by atoms with van der Waals surface area (Å²) in [5.74, 6) is -1.63. The van der Waals surface area contributed by atoms with Gasteiger partial charge >= 0.3 is 5.97 Å². The van der Waals surface area contributed by atoms with E-state index in [0.29, 0.717) is 24.8 Å². The van der Waals surface area contributed by atoms with E-state index in [9.17, 15) is 18.0 Å². The maximum absolute atomic E-state index is 12.1. The van der Waals surface area contributed by atoms with Gasteiger partial charge in [0.05, 0.1) is 4.90 Å². The molecule has 1 saturated carbocycles. The number of carbonyl (C=O) groups is 2. The largest absolute Gasteiger partial charge is 0.480 e. The average Bonchev–Trinajstić information content (AvgIpc) is 3.18. The predicted octanol–water partition coefficient (Wildman–Crippen LogP) is 1.000. The smallest absolute Gasteiger partial charge is 0.329 e. The Morgan fingerprint density at radius 2 is 1.95 bits per heavy atom. The molecule has 0 saturated heterocycles. The van der Waals surface area contributed by atoms with Crippen LogP contribution in [0.4, 0.5) is 0 Å². The number of hydrogen-bond donors (Lipinski definition) is 2. The molecular formula is C14H17NO5S. The number of carboxylic acids is 1. The molecule has 0 aromatic heterocycles. The minimum Gasteiger partial charge on any atom is -0.480 e. The van der Waals surface area contributed by atoms with Crippen molar-refractivity contribution in [3.63, 3.8) is 0 Å². The summed E-state index contributed by atoms with van der Waals surface area (Å²) in [6.07, 6.45) is 2.40. The first kappa shape index (κ1) is 15.5. The Morgan fingerprint density at radius 3 is 2.38 bits per heavy atom. The number of carboxylic acid groups (broad SMARTS) is 1. The summed E-state index contributed by atoms with van der Waals surface area (Å²) < 4.78 is 23.5. The van der Waals surface area contributed by atoms with Crippen LogP contribution in [-0.2, 0) is 21.1 Å². The lowest BCUT2D eigenvalue weighted by Gasteiger charge is -2.14. The van der Waals surface area contributed by atoms with Crippen LogP contribution in [0.1, 0.15) is 35.7 Å². The fourth-order valence-corrected chi connectivity index (χ4v) is 3.17. The van der Waals surface area contributed by atoms with Gasteiger partial charge in [-0.15, -0.1) is 0 Å². The Labute approximate surface area is 123 Å². The zero-order chi connectivity index (χ0) is 15.8. The number of nitrogens with one attached hydrogen (secondary N) is 1. The van der Waals surface area contributed by atoms with Gasteiger partial charge in [0, 0.05) is 11.8 Å². The number of aryl methyl sites for hydroxylation is 1. The van der Waals surface area contributed by atoms with Gasteiger partial charge < -0.3 is 10.4 Å². The molecule has 2 N–H and O–H groups in total. The summed E-state index contributed by atoms with van der Waals surface area (Å²) in [6, 6.07) is 4.41. The second-order valence-corrected chi connectivity index (χ2v) is 7.27. The highest BCUT2D eigenvalue weighted by atomic mass is 32.2. The highest BCUT2D eigenvalue weighted by Gasteiger charge is 2.51. The van der Waals surface area contributed by atoms with Crippen LogP contribution in [0.15, 0.2) is 23.1 Å². The van der Waals surface area contributed by atoms with E-state index < -0.39 is 27.3 Å². The fourth-order valence-electron chi connectivity index (χ4n) is 2.14. The molecule has 1 amide bonds. The van der Waals surface area contributed by atoms with Gasteiger partial charge in [0.1, 0.15) is 5.54 Å². The molecule has 1 aromatic carbocycles. The normalized spacial score (nSPS) is 16.3. The number of sulfone groups is 1. The highest BCUT2D eigenvalue weighted by molar-refractivity contribution is 7.90. The minimum atomic E-state index is -3.44. The molecule has 1 aliphatic carbocycles. The second kappa shape index (κ2) is 5.14. The van der Waals surface area contributed by atoms with Gasteiger partial charge in [-0.1, -0.05) is 13.0 Å². The van der Waals surface area contributed by atoms with Crippen LogP contribution in [0.2, 0.25) is 0 Å². The number of rotatable bonds is 5. The summed E-state index contributed by atoms with van der Waals surface area (Å²) in [6.45, 7) is 1.83. The summed E-state index contributed by atoms with van der Waals surface area (Å²) in [5.41, 5.74) is -0.403. The fraction of sp³-hybridized carbons (Fsp3) is 0.429. The molecule has 21 heavy (non-hydrogen) atoms. The Balaban J connectivity index is 2.33. The molecule has 0 bridgehead atoms. The molecule has 2 rings (SSSR count). The van der Waals surface area contributed by atoms with E-state index in [1.54, 1.807) is 6.07 Å². The lowest BCUT2D eigenvalue weighted by Crippen LogP contribution is -2.43. The topological polar surface area (TPSA) is 101 Å². The number of benzene rings is 1. The van der Waals surface area contributed by atoms with Gasteiger partial charge in [0.15, 0.2) is 9.84 Å². The van der Waals surface area contributed by atoms with Crippen LogP contribution in [0.3, 0.4) is 0 Å². The lowest BCUT2D eigenvalue weighted by molar-refractivity contribution is -0.140. The number of amides is 1. The molecule has 0 spiro atoms. The Bertz CT molecular complexity index is 704. The van der Waals surface area contributed by atoms with Crippen molar-refractivity contribution in [2.45, 2.75) is 36.6 Å². The molecule has 1 aliphatic rings. The van der Waals surface area contributed by atoms with Crippen molar-refractivity contribution < 1.29 is 23.1 Å². The number of carbonyl (C=O) groups excluding carboxylic acids is 1. The molecule has 1 fully saturated rings. The molecule has 114 valence electrons. The van der Waals surface area contributed by atoms with Crippen molar-refractivity contribution in [3.05, 3.63) is 29.3 Å². The van der Waals surface area contributed by atoms with Crippen molar-refractivity contribution >= 4 is 21.7 Å². The van der Waals surface area contributed by atoms with Crippen molar-refractivity contribution in [2.24, 2.45) is 0 Å². The highest BCUT2D eigenvalue weighted by Crippen LogP contribution is 2.35. The maximum Gasteiger partial charge on any atom is 0.329 e. The predicted molar refractivity (Wildman–Crippen MR) is 76.0 cm³/mol. The quantitative estimate of drug-likeness (QED) is 0.845. The second-order valence-electron chi connectivity index (χ2n) is 5.29. The van der Waals surface area contributed by atoms with E-state index in [1.807, 2.05) is 6.92 Å². The zero-order valence-electron chi connectivity index (χ0n) is 11.8. The Morgan fingerprint density at radius 1 is 1.33 bits per heavy atom. The third kappa shape index (κ3) is 3.07. The van der Waals surface area contributed by atoms with E-state index in [2.05, 4.69) is 5.32 Å². The monoisotopic (exact) mass is 311 g/mol. The van der Waals surface area contributed by atoms with Crippen molar-refractivity contribution in [3.8, 4) is 0 Å². The molecule has 0 heterocycles. The van der Waals surface area contributed by atoms with E-state index in [1.165, 1.54) is 12.1 Å². The van der Waals surface area contributed by atoms with E-state index in [4.69, 9.17) is 5.11 Å². The van der Waals surface area contributed by atoms with E-state index in [0.717, 1.165) is 6.26 Å². The van der Waals surface area contributed by atoms with Crippen molar-refractivity contribution in [2.75, 3.05) is 6.26 Å². The first-order chi connectivity index (χ1) is 9.69. The van der Waals surface area contributed by atoms with Gasteiger partial charge in [0.25, 0.3) is 5.91 Å². The summed E-state index contributed by atoms with van der Waals surface area (Å²) >= 11 is 0. The van der Waals surface area contributed by atoms with Crippen LogP contribution in [0, 0.1) is 0 Å². The first-order valence-corrected chi connectivity index (χ1v) is 8.47. The third-order valence-electron chi connectivity index (χ3n) is 3.62. The summed E-state index contributed by atoms with van der Waals surface area (Å²) in [5, 5.41) is 11.5. The van der Waals surface area contributed by atoms with Gasteiger partial charge in [-0.25, -0.2) is 13.2 Å². The number of hydrogen-bond acceptors (Lipinski definition) is 4. The molecule has 6 nitrogen and oxygen atoms in total.